The molecule has 4 heteroatoms. The summed E-state index contributed by atoms with van der Waals surface area (Å²) in [6.45, 7) is 3.01. The molecule has 1 N–H and O–H groups in total. The minimum atomic E-state index is -1.01. The van der Waals surface area contributed by atoms with E-state index >= 15 is 0 Å². The smallest absolute Gasteiger partial charge is 0.548 e. The Labute approximate surface area is 180 Å². The van der Waals surface area contributed by atoms with E-state index < -0.39 is 12.0 Å². The van der Waals surface area contributed by atoms with Gasteiger partial charge in [-0.05, 0) is 19.9 Å². The number of rotatable bonds is 19. The first kappa shape index (κ1) is 25.4. The van der Waals surface area contributed by atoms with Gasteiger partial charge in [-0.15, -0.1) is 0 Å². The topological polar surface area (TPSA) is 52.2 Å². The van der Waals surface area contributed by atoms with Gasteiger partial charge in [0, 0.05) is 7.41 Å². The molecule has 0 bridgehead atoms. The van der Waals surface area contributed by atoms with E-state index in [0.29, 0.717) is 6.90 Å². The number of carboxylic acids is 1. The molecule has 0 radical (unpaired) electrons. The summed E-state index contributed by atoms with van der Waals surface area (Å²) in [5.41, 5.74) is 0. The van der Waals surface area contributed by atoms with Crippen LogP contribution in [0.4, 0.5) is 0 Å². The van der Waals surface area contributed by atoms with Gasteiger partial charge in [0.15, 0.2) is 0 Å². The zero-order valence-electron chi connectivity index (χ0n) is 18.1. The molecule has 0 aromatic rings. The van der Waals surface area contributed by atoms with Gasteiger partial charge < -0.3 is 15.2 Å². The molecule has 144 valence electrons. The van der Waals surface area contributed by atoms with Gasteiger partial charge in [0.05, 0.1) is 5.97 Å². The van der Waals surface area contributed by atoms with Crippen molar-refractivity contribution in [2.75, 3.05) is 6.54 Å². The van der Waals surface area contributed by atoms with E-state index in [2.05, 4.69) is 5.32 Å². The molecular formula is C21H42NNaO2. The summed E-state index contributed by atoms with van der Waals surface area (Å²) in [7, 11) is 0. The quantitative estimate of drug-likeness (QED) is 0.282. The van der Waals surface area contributed by atoms with E-state index in [4.69, 9.17) is 1.37 Å². The van der Waals surface area contributed by atoms with E-state index in [-0.39, 0.29) is 29.6 Å². The first-order valence-corrected chi connectivity index (χ1v) is 10.4. The largest absolute Gasteiger partial charge is 1.00 e. The number of carboxylic acid groups (broad SMARTS) is 1. The maximum absolute atomic E-state index is 10.5. The van der Waals surface area contributed by atoms with Crippen molar-refractivity contribution in [3.05, 3.63) is 0 Å². The van der Waals surface area contributed by atoms with Crippen molar-refractivity contribution in [2.24, 2.45) is 0 Å². The second-order valence-corrected chi connectivity index (χ2v) is 7.15. The van der Waals surface area contributed by atoms with Crippen LogP contribution < -0.4 is 40.0 Å². The zero-order valence-corrected chi connectivity index (χ0v) is 19.1. The first-order chi connectivity index (χ1) is 12.2. The van der Waals surface area contributed by atoms with Crippen LogP contribution in [0.2, 0.25) is 0 Å². The predicted molar refractivity (Wildman–Crippen MR) is 102 cm³/mol. The van der Waals surface area contributed by atoms with Gasteiger partial charge in [-0.25, -0.2) is 0 Å². The van der Waals surface area contributed by atoms with E-state index in [1.807, 2.05) is 0 Å². The van der Waals surface area contributed by atoms with Crippen LogP contribution in [0, 0.1) is 0 Å². The van der Waals surface area contributed by atoms with Gasteiger partial charge >= 0.3 is 29.6 Å². The van der Waals surface area contributed by atoms with Crippen LogP contribution in [-0.2, 0) is 4.79 Å². The first-order valence-electron chi connectivity index (χ1n) is 11.1. The van der Waals surface area contributed by atoms with E-state index in [1.165, 1.54) is 89.9 Å². The van der Waals surface area contributed by atoms with Crippen molar-refractivity contribution in [3.8, 4) is 0 Å². The number of nitrogens with one attached hydrogen (secondary N) is 1. The van der Waals surface area contributed by atoms with E-state index in [9.17, 15) is 9.90 Å². The van der Waals surface area contributed by atoms with Crippen LogP contribution in [0.3, 0.4) is 0 Å². The van der Waals surface area contributed by atoms with Crippen molar-refractivity contribution in [1.29, 1.82) is 0 Å². The van der Waals surface area contributed by atoms with Gasteiger partial charge in [0.2, 0.25) is 0 Å². The van der Waals surface area contributed by atoms with Crippen LogP contribution in [0.1, 0.15) is 118 Å². The Hall–Kier alpha value is 0.430. The number of unbranched alkanes of at least 4 members (excludes halogenated alkanes) is 15. The van der Waals surface area contributed by atoms with Gasteiger partial charge in [-0.2, -0.15) is 0 Å². The Morgan fingerprint density at radius 3 is 1.52 bits per heavy atom. The van der Waals surface area contributed by atoms with Gasteiger partial charge in [-0.1, -0.05) is 103 Å². The van der Waals surface area contributed by atoms with Crippen LogP contribution in [-0.4, -0.2) is 18.6 Å². The Bertz CT molecular complexity index is 293. The Balaban J connectivity index is 0. The molecule has 0 saturated heterocycles. The van der Waals surface area contributed by atoms with Crippen molar-refractivity contribution >= 4 is 5.97 Å². The molecular weight excluding hydrogens is 321 g/mol. The molecule has 0 aliphatic heterocycles. The molecule has 0 spiro atoms. The molecule has 0 aliphatic rings. The summed E-state index contributed by atoms with van der Waals surface area (Å²) in [6, 6.07) is -0.534. The fourth-order valence-electron chi connectivity index (χ4n) is 3.00. The zero-order chi connectivity index (χ0) is 18.6. The summed E-state index contributed by atoms with van der Waals surface area (Å²) in [5.74, 6) is -1.01. The van der Waals surface area contributed by atoms with Crippen molar-refractivity contribution < 1.29 is 40.8 Å². The van der Waals surface area contributed by atoms with Gasteiger partial charge in [0.1, 0.15) is 0 Å². The third-order valence-electron chi connectivity index (χ3n) is 4.73. The maximum Gasteiger partial charge on any atom is 1.00 e. The number of carbonyl (C=O) groups excluding carboxylic acids is 1. The predicted octanol–water partition coefficient (Wildman–Crippen LogP) is 1.98. The number of hydrogen-bond acceptors (Lipinski definition) is 3. The fourth-order valence-corrected chi connectivity index (χ4v) is 3.00. The van der Waals surface area contributed by atoms with E-state index in [1.54, 1.807) is 6.92 Å². The number of aliphatic carboxylic acids is 1. The Morgan fingerprint density at radius 2 is 1.16 bits per heavy atom. The van der Waals surface area contributed by atoms with Crippen molar-refractivity contribution in [3.63, 3.8) is 0 Å². The van der Waals surface area contributed by atoms with Crippen LogP contribution >= 0.6 is 0 Å². The molecule has 0 aliphatic carbocycles. The second-order valence-electron chi connectivity index (χ2n) is 7.15. The molecule has 0 aromatic carbocycles. The fraction of sp³-hybridized carbons (Fsp3) is 0.952. The maximum atomic E-state index is 10.5. The summed E-state index contributed by atoms with van der Waals surface area (Å²) in [6.07, 6.45) is 20.9. The molecule has 3 nitrogen and oxygen atoms in total. The number of carbonyl (C=O) groups is 1. The van der Waals surface area contributed by atoms with Crippen LogP contribution in [0.15, 0.2) is 0 Å². The third kappa shape index (κ3) is 22.4. The molecule has 0 rings (SSSR count). The SMILES string of the molecule is [2H]CCCCCCCCCCCCCCCCCCN[C@@H](C)C(=O)[O-].[Na+]. The van der Waals surface area contributed by atoms with E-state index in [0.717, 1.165) is 19.4 Å². The summed E-state index contributed by atoms with van der Waals surface area (Å²) >= 11 is 0. The van der Waals surface area contributed by atoms with Crippen LogP contribution in [0.5, 0.6) is 0 Å². The second kappa shape index (κ2) is 22.5. The standard InChI is InChI=1S/C21H43NO2.Na/c1-3-4-5-6-7-8-9-10-11-12-13-14-15-16-17-18-19-22-20(2)21(23)24;/h20,22H,3-19H2,1-2H3,(H,23,24);/q;+1/p-1/t20-;/m0./s1/i1D;. The minimum Gasteiger partial charge on any atom is -0.548 e. The molecule has 0 aromatic heterocycles. The normalized spacial score (nSPS) is 12.4. The Morgan fingerprint density at radius 1 is 0.800 bits per heavy atom. The molecule has 0 heterocycles. The molecule has 0 amide bonds. The number of hydrogen-bond donors (Lipinski definition) is 1. The monoisotopic (exact) mass is 364 g/mol. The van der Waals surface area contributed by atoms with Gasteiger partial charge in [0.25, 0.3) is 0 Å². The van der Waals surface area contributed by atoms with Crippen molar-refractivity contribution in [2.45, 2.75) is 123 Å². The average molecular weight is 365 g/mol. The van der Waals surface area contributed by atoms with Crippen LogP contribution in [0.25, 0.3) is 0 Å². The third-order valence-corrected chi connectivity index (χ3v) is 4.73. The molecule has 25 heavy (non-hydrogen) atoms. The molecule has 0 saturated carbocycles. The summed E-state index contributed by atoms with van der Waals surface area (Å²) in [5, 5.41) is 13.5. The molecule has 0 unspecified atom stereocenters. The molecule has 1 atom stereocenters. The average Bonchev–Trinajstić information content (AvgIpc) is 2.60. The molecule has 0 fully saturated rings. The summed E-state index contributed by atoms with van der Waals surface area (Å²) < 4.78 is 7.10. The van der Waals surface area contributed by atoms with Gasteiger partial charge in [-0.3, -0.25) is 0 Å². The van der Waals surface area contributed by atoms with Crippen molar-refractivity contribution in [1.82, 2.24) is 5.32 Å². The Kier molecular flexibility index (Phi) is 22.9. The summed E-state index contributed by atoms with van der Waals surface area (Å²) in [4.78, 5) is 10.5. The minimum absolute atomic E-state index is 0.